The highest BCUT2D eigenvalue weighted by atomic mass is 32.2. The second-order valence-corrected chi connectivity index (χ2v) is 5.00. The number of benzene rings is 2. The summed E-state index contributed by atoms with van der Waals surface area (Å²) in [5.41, 5.74) is 1.19. The summed E-state index contributed by atoms with van der Waals surface area (Å²) in [7, 11) is 0. The Bertz CT molecular complexity index is 547. The first-order valence-corrected chi connectivity index (χ1v) is 6.29. The zero-order chi connectivity index (χ0) is 11.7. The minimum Gasteiger partial charge on any atom is -0.768 e. The molecule has 0 aliphatic heterocycles. The molecule has 2 rings (SSSR count). The third kappa shape index (κ3) is 1.88. The molecule has 0 N–H and O–H groups in total. The highest BCUT2D eigenvalue weighted by Crippen LogP contribution is 2.28. The number of fused-ring (bicyclic) bond motifs is 1. The minimum absolute atomic E-state index is 0.375. The van der Waals surface area contributed by atoms with Crippen LogP contribution in [0.25, 0.3) is 10.8 Å². The van der Waals surface area contributed by atoms with Crippen molar-refractivity contribution >= 4 is 21.9 Å². The van der Waals surface area contributed by atoms with Crippen LogP contribution in [0.1, 0.15) is 25.3 Å². The molecule has 0 radical (unpaired) electrons. The maximum absolute atomic E-state index is 11.1. The average molecular weight is 233 g/mol. The van der Waals surface area contributed by atoms with Crippen molar-refractivity contribution in [2.24, 2.45) is 0 Å². The molecule has 1 atom stereocenters. The van der Waals surface area contributed by atoms with E-state index in [9.17, 15) is 8.76 Å². The lowest BCUT2D eigenvalue weighted by atomic mass is 9.96. The van der Waals surface area contributed by atoms with Gasteiger partial charge < -0.3 is 4.55 Å². The van der Waals surface area contributed by atoms with Crippen LogP contribution in [0.4, 0.5) is 0 Å². The largest absolute Gasteiger partial charge is 0.768 e. The van der Waals surface area contributed by atoms with Gasteiger partial charge >= 0.3 is 0 Å². The van der Waals surface area contributed by atoms with Gasteiger partial charge in [-0.1, -0.05) is 44.2 Å². The van der Waals surface area contributed by atoms with E-state index < -0.39 is 11.1 Å². The molecule has 1 unspecified atom stereocenters. The van der Waals surface area contributed by atoms with E-state index in [0.717, 1.165) is 10.8 Å². The second-order valence-electron chi connectivity index (χ2n) is 4.09. The van der Waals surface area contributed by atoms with E-state index in [1.807, 2.05) is 24.3 Å². The Morgan fingerprint density at radius 2 is 1.69 bits per heavy atom. The number of hydrogen-bond donors (Lipinski definition) is 0. The van der Waals surface area contributed by atoms with Gasteiger partial charge in [0.05, 0.1) is 0 Å². The van der Waals surface area contributed by atoms with Crippen LogP contribution in [0.2, 0.25) is 0 Å². The first-order valence-electron chi connectivity index (χ1n) is 5.22. The van der Waals surface area contributed by atoms with Gasteiger partial charge in [0.25, 0.3) is 0 Å². The van der Waals surface area contributed by atoms with E-state index in [1.165, 1.54) is 5.56 Å². The third-order valence-corrected chi connectivity index (χ3v) is 3.43. The Morgan fingerprint density at radius 1 is 1.06 bits per heavy atom. The first-order chi connectivity index (χ1) is 7.61. The Hall–Kier alpha value is -1.19. The lowest BCUT2D eigenvalue weighted by molar-refractivity contribution is 0.538. The van der Waals surface area contributed by atoms with Gasteiger partial charge in [-0.15, -0.1) is 0 Å². The molecular weight excluding hydrogens is 220 g/mol. The molecule has 0 aromatic heterocycles. The Labute approximate surface area is 97.6 Å². The van der Waals surface area contributed by atoms with Crippen molar-refractivity contribution in [2.75, 3.05) is 0 Å². The summed E-state index contributed by atoms with van der Waals surface area (Å²) in [5.74, 6) is 0.388. The Balaban J connectivity index is 2.81. The predicted octanol–water partition coefficient (Wildman–Crippen LogP) is 3.20. The number of rotatable bonds is 2. The normalized spacial score (nSPS) is 13.2. The van der Waals surface area contributed by atoms with Crippen LogP contribution in [0.3, 0.4) is 0 Å². The lowest BCUT2D eigenvalue weighted by Gasteiger charge is -2.13. The summed E-state index contributed by atoms with van der Waals surface area (Å²) < 4.78 is 22.2. The minimum atomic E-state index is -2.18. The lowest BCUT2D eigenvalue weighted by Crippen LogP contribution is -1.94. The molecule has 0 aliphatic rings. The molecule has 84 valence electrons. The summed E-state index contributed by atoms with van der Waals surface area (Å²) in [5, 5.41) is 1.83. The maximum atomic E-state index is 11.1. The summed E-state index contributed by atoms with van der Waals surface area (Å²) in [6.07, 6.45) is 0. The topological polar surface area (TPSA) is 40.1 Å². The smallest absolute Gasteiger partial charge is 0.0327 e. The van der Waals surface area contributed by atoms with E-state index in [-0.39, 0.29) is 0 Å². The average Bonchev–Trinajstić information content (AvgIpc) is 2.27. The van der Waals surface area contributed by atoms with Crippen molar-refractivity contribution in [1.29, 1.82) is 0 Å². The zero-order valence-corrected chi connectivity index (χ0v) is 10.1. The van der Waals surface area contributed by atoms with E-state index in [1.54, 1.807) is 12.1 Å². The molecule has 3 heteroatoms. The van der Waals surface area contributed by atoms with Gasteiger partial charge in [0.1, 0.15) is 0 Å². The predicted molar refractivity (Wildman–Crippen MR) is 65.2 cm³/mol. The second kappa shape index (κ2) is 4.36. The SMILES string of the molecule is CC(C)c1cccc2c(S(=O)[O-])cccc12. The fourth-order valence-electron chi connectivity index (χ4n) is 1.95. The van der Waals surface area contributed by atoms with Gasteiger partial charge in [-0.25, -0.2) is 0 Å². The third-order valence-electron chi connectivity index (χ3n) is 2.72. The standard InChI is InChI=1S/C13H14O2S/c1-9(2)10-5-3-7-12-11(10)6-4-8-13(12)16(14)15/h3-9H,1-2H3,(H,14,15)/p-1. The van der Waals surface area contributed by atoms with E-state index in [0.29, 0.717) is 10.8 Å². The van der Waals surface area contributed by atoms with Crippen LogP contribution in [0, 0.1) is 0 Å². The molecule has 0 spiro atoms. The van der Waals surface area contributed by atoms with E-state index in [2.05, 4.69) is 13.8 Å². The molecule has 0 saturated heterocycles. The molecule has 2 nitrogen and oxygen atoms in total. The van der Waals surface area contributed by atoms with Crippen molar-refractivity contribution in [3.8, 4) is 0 Å². The molecule has 2 aromatic rings. The summed E-state index contributed by atoms with van der Waals surface area (Å²) in [4.78, 5) is 0.375. The molecule has 0 aliphatic carbocycles. The van der Waals surface area contributed by atoms with E-state index >= 15 is 0 Å². The number of hydrogen-bond acceptors (Lipinski definition) is 2. The fraction of sp³-hybridized carbons (Fsp3) is 0.231. The van der Waals surface area contributed by atoms with Crippen molar-refractivity contribution in [2.45, 2.75) is 24.7 Å². The monoisotopic (exact) mass is 233 g/mol. The summed E-state index contributed by atoms with van der Waals surface area (Å²) >= 11 is -2.18. The molecule has 0 amide bonds. The molecule has 0 saturated carbocycles. The quantitative estimate of drug-likeness (QED) is 0.747. The molecule has 0 fully saturated rings. The summed E-state index contributed by atoms with van der Waals surface area (Å²) in [6.45, 7) is 4.21. The van der Waals surface area contributed by atoms with Gasteiger partial charge in [0.15, 0.2) is 0 Å². The van der Waals surface area contributed by atoms with Crippen molar-refractivity contribution < 1.29 is 8.76 Å². The Morgan fingerprint density at radius 3 is 2.31 bits per heavy atom. The van der Waals surface area contributed by atoms with E-state index in [4.69, 9.17) is 0 Å². The van der Waals surface area contributed by atoms with Gasteiger partial charge in [0, 0.05) is 4.90 Å². The molecule has 2 aromatic carbocycles. The highest BCUT2D eigenvalue weighted by Gasteiger charge is 2.07. The molecule has 0 bridgehead atoms. The van der Waals surface area contributed by atoms with Gasteiger partial charge in [0.2, 0.25) is 0 Å². The maximum Gasteiger partial charge on any atom is 0.0327 e. The highest BCUT2D eigenvalue weighted by molar-refractivity contribution is 7.79. The van der Waals surface area contributed by atoms with Crippen molar-refractivity contribution in [3.63, 3.8) is 0 Å². The molecular formula is C13H13O2S-. The van der Waals surface area contributed by atoms with Crippen LogP contribution in [0.15, 0.2) is 41.3 Å². The van der Waals surface area contributed by atoms with Crippen LogP contribution < -0.4 is 0 Å². The van der Waals surface area contributed by atoms with Crippen LogP contribution >= 0.6 is 0 Å². The van der Waals surface area contributed by atoms with Crippen molar-refractivity contribution in [1.82, 2.24) is 0 Å². The fourth-order valence-corrected chi connectivity index (χ4v) is 2.50. The Kier molecular flexibility index (Phi) is 3.08. The van der Waals surface area contributed by atoms with Gasteiger partial charge in [-0.3, -0.25) is 4.21 Å². The van der Waals surface area contributed by atoms with Gasteiger partial charge in [-0.2, -0.15) is 0 Å². The van der Waals surface area contributed by atoms with Crippen LogP contribution in [-0.2, 0) is 11.1 Å². The first kappa shape index (κ1) is 11.3. The molecule has 16 heavy (non-hydrogen) atoms. The zero-order valence-electron chi connectivity index (χ0n) is 9.27. The summed E-state index contributed by atoms with van der Waals surface area (Å²) in [6, 6.07) is 11.2. The van der Waals surface area contributed by atoms with Gasteiger partial charge in [-0.05, 0) is 39.4 Å². The van der Waals surface area contributed by atoms with Crippen LogP contribution in [-0.4, -0.2) is 8.76 Å². The van der Waals surface area contributed by atoms with Crippen LogP contribution in [0.5, 0.6) is 0 Å². The molecule has 0 heterocycles. The van der Waals surface area contributed by atoms with Crippen molar-refractivity contribution in [3.05, 3.63) is 42.0 Å².